The highest BCUT2D eigenvalue weighted by Crippen LogP contribution is 2.29. The molecule has 1 aromatic carbocycles. The number of nitrogens with zero attached hydrogens (tertiary/aromatic N) is 2. The topological polar surface area (TPSA) is 40.6 Å². The Morgan fingerprint density at radius 3 is 2.32 bits per heavy atom. The summed E-state index contributed by atoms with van der Waals surface area (Å²) >= 11 is 0. The first-order valence-electron chi connectivity index (χ1n) is 6.86. The summed E-state index contributed by atoms with van der Waals surface area (Å²) in [5.74, 6) is -2.45. The Bertz CT molecular complexity index is 570. The van der Waals surface area contributed by atoms with E-state index in [9.17, 15) is 22.8 Å². The third-order valence-corrected chi connectivity index (χ3v) is 3.78. The lowest BCUT2D eigenvalue weighted by molar-refractivity contribution is -0.196. The van der Waals surface area contributed by atoms with Crippen LogP contribution in [0.1, 0.15) is 19.4 Å². The van der Waals surface area contributed by atoms with Crippen LogP contribution in [0.25, 0.3) is 0 Å². The number of piperazine rings is 1. The van der Waals surface area contributed by atoms with Crippen LogP contribution in [0.15, 0.2) is 30.3 Å². The summed E-state index contributed by atoms with van der Waals surface area (Å²) in [7, 11) is 0. The average molecular weight is 314 g/mol. The van der Waals surface area contributed by atoms with Crippen LogP contribution >= 0.6 is 0 Å². The second-order valence-corrected chi connectivity index (χ2v) is 5.73. The molecule has 1 aliphatic heterocycles. The zero-order valence-corrected chi connectivity index (χ0v) is 12.4. The largest absolute Gasteiger partial charge is 0.471 e. The van der Waals surface area contributed by atoms with E-state index >= 15 is 0 Å². The third kappa shape index (κ3) is 3.08. The van der Waals surface area contributed by atoms with Crippen LogP contribution in [0.3, 0.4) is 0 Å². The summed E-state index contributed by atoms with van der Waals surface area (Å²) in [5.41, 5.74) is -0.623. The highest BCUT2D eigenvalue weighted by molar-refractivity contribution is 5.93. The van der Waals surface area contributed by atoms with E-state index < -0.39 is 23.5 Å². The molecule has 2 rings (SSSR count). The van der Waals surface area contributed by atoms with Crippen molar-refractivity contribution in [2.75, 3.05) is 13.1 Å². The minimum absolute atomic E-state index is 0.0823. The Morgan fingerprint density at radius 2 is 1.77 bits per heavy atom. The second-order valence-electron chi connectivity index (χ2n) is 5.73. The summed E-state index contributed by atoms with van der Waals surface area (Å²) in [6, 6.07) is 9.18. The van der Waals surface area contributed by atoms with Crippen LogP contribution in [0.2, 0.25) is 0 Å². The fraction of sp³-hybridized carbons (Fsp3) is 0.467. The number of alkyl halides is 3. The summed E-state index contributed by atoms with van der Waals surface area (Å²) in [6.07, 6.45) is -4.97. The summed E-state index contributed by atoms with van der Waals surface area (Å²) in [6.45, 7) is 2.95. The minimum Gasteiger partial charge on any atom is -0.335 e. The van der Waals surface area contributed by atoms with Gasteiger partial charge in [0.2, 0.25) is 5.91 Å². The Hall–Kier alpha value is -2.05. The molecule has 120 valence electrons. The van der Waals surface area contributed by atoms with E-state index in [-0.39, 0.29) is 13.1 Å². The maximum Gasteiger partial charge on any atom is 0.471 e. The van der Waals surface area contributed by atoms with E-state index in [4.69, 9.17) is 0 Å². The highest BCUT2D eigenvalue weighted by Gasteiger charge is 2.52. The van der Waals surface area contributed by atoms with Gasteiger partial charge in [0.15, 0.2) is 0 Å². The quantitative estimate of drug-likeness (QED) is 0.840. The molecular formula is C15H17F3N2O2. The number of carbonyl (C=O) groups is 2. The number of hydrogen-bond acceptors (Lipinski definition) is 2. The number of halogens is 3. The Balaban J connectivity index is 2.17. The van der Waals surface area contributed by atoms with Gasteiger partial charge in [-0.3, -0.25) is 9.59 Å². The molecule has 1 heterocycles. The van der Waals surface area contributed by atoms with Gasteiger partial charge in [0.05, 0.1) is 0 Å². The SMILES string of the molecule is CC1(C)C(=O)N(Cc2ccccc2)CCN1C(=O)C(F)(F)F. The average Bonchev–Trinajstić information content (AvgIpc) is 2.44. The summed E-state index contributed by atoms with van der Waals surface area (Å²) in [4.78, 5) is 26.0. The van der Waals surface area contributed by atoms with E-state index in [2.05, 4.69) is 0 Å². The van der Waals surface area contributed by atoms with Gasteiger partial charge in [0.25, 0.3) is 0 Å². The van der Waals surface area contributed by atoms with Crippen molar-refractivity contribution in [1.29, 1.82) is 0 Å². The second kappa shape index (κ2) is 5.62. The van der Waals surface area contributed by atoms with E-state index in [1.54, 1.807) is 0 Å². The van der Waals surface area contributed by atoms with Gasteiger partial charge in [0, 0.05) is 19.6 Å². The van der Waals surface area contributed by atoms with E-state index in [0.29, 0.717) is 11.4 Å². The first kappa shape index (κ1) is 16.3. The molecule has 0 N–H and O–H groups in total. The molecule has 7 heteroatoms. The third-order valence-electron chi connectivity index (χ3n) is 3.78. The summed E-state index contributed by atoms with van der Waals surface area (Å²) < 4.78 is 37.9. The Labute approximate surface area is 126 Å². The van der Waals surface area contributed by atoms with Gasteiger partial charge in [0.1, 0.15) is 5.54 Å². The molecule has 2 amide bonds. The molecule has 4 nitrogen and oxygen atoms in total. The van der Waals surface area contributed by atoms with Gasteiger partial charge >= 0.3 is 12.1 Å². The zero-order valence-electron chi connectivity index (χ0n) is 12.4. The molecule has 1 saturated heterocycles. The van der Waals surface area contributed by atoms with Gasteiger partial charge < -0.3 is 9.80 Å². The molecule has 0 bridgehead atoms. The summed E-state index contributed by atoms with van der Waals surface area (Å²) in [5, 5.41) is 0. The fourth-order valence-corrected chi connectivity index (χ4v) is 2.57. The number of rotatable bonds is 2. The zero-order chi connectivity index (χ0) is 16.5. The molecule has 0 aromatic heterocycles. The number of amides is 2. The molecular weight excluding hydrogens is 297 g/mol. The Morgan fingerprint density at radius 1 is 1.18 bits per heavy atom. The maximum absolute atomic E-state index is 12.6. The number of hydrogen-bond donors (Lipinski definition) is 0. The number of carbonyl (C=O) groups excluding carboxylic acids is 2. The monoisotopic (exact) mass is 314 g/mol. The highest BCUT2D eigenvalue weighted by atomic mass is 19.4. The molecule has 1 fully saturated rings. The van der Waals surface area contributed by atoms with E-state index in [1.165, 1.54) is 18.7 Å². The molecule has 0 aliphatic carbocycles. The van der Waals surface area contributed by atoms with E-state index in [0.717, 1.165) is 5.56 Å². The lowest BCUT2D eigenvalue weighted by Crippen LogP contribution is -2.66. The van der Waals surface area contributed by atoms with Crippen LogP contribution in [-0.4, -0.2) is 46.4 Å². The van der Waals surface area contributed by atoms with Gasteiger partial charge in [-0.2, -0.15) is 13.2 Å². The molecule has 0 atom stereocenters. The van der Waals surface area contributed by atoms with Crippen molar-refractivity contribution in [1.82, 2.24) is 9.80 Å². The molecule has 22 heavy (non-hydrogen) atoms. The molecule has 0 saturated carbocycles. The molecule has 0 spiro atoms. The fourth-order valence-electron chi connectivity index (χ4n) is 2.57. The molecule has 1 aromatic rings. The molecule has 0 unspecified atom stereocenters. The first-order valence-corrected chi connectivity index (χ1v) is 6.86. The minimum atomic E-state index is -4.97. The number of benzene rings is 1. The van der Waals surface area contributed by atoms with Gasteiger partial charge in [-0.15, -0.1) is 0 Å². The smallest absolute Gasteiger partial charge is 0.335 e. The Kier molecular flexibility index (Phi) is 4.17. The van der Waals surface area contributed by atoms with Gasteiger partial charge in [-0.1, -0.05) is 30.3 Å². The first-order chi connectivity index (χ1) is 10.1. The van der Waals surface area contributed by atoms with Crippen LogP contribution in [0, 0.1) is 0 Å². The van der Waals surface area contributed by atoms with Crippen molar-refractivity contribution in [3.05, 3.63) is 35.9 Å². The van der Waals surface area contributed by atoms with Crippen molar-refractivity contribution in [3.63, 3.8) is 0 Å². The normalized spacial score (nSPS) is 18.5. The van der Waals surface area contributed by atoms with Crippen LogP contribution in [-0.2, 0) is 16.1 Å². The van der Waals surface area contributed by atoms with Crippen molar-refractivity contribution < 1.29 is 22.8 Å². The van der Waals surface area contributed by atoms with Crippen molar-refractivity contribution in [3.8, 4) is 0 Å². The van der Waals surface area contributed by atoms with Crippen LogP contribution in [0.5, 0.6) is 0 Å². The van der Waals surface area contributed by atoms with Crippen LogP contribution in [0.4, 0.5) is 13.2 Å². The van der Waals surface area contributed by atoms with Gasteiger partial charge in [-0.25, -0.2) is 0 Å². The lowest BCUT2D eigenvalue weighted by Gasteiger charge is -2.46. The van der Waals surface area contributed by atoms with Crippen molar-refractivity contribution >= 4 is 11.8 Å². The lowest BCUT2D eigenvalue weighted by atomic mass is 9.96. The maximum atomic E-state index is 12.6. The predicted octanol–water partition coefficient (Wildman–Crippen LogP) is 2.20. The standard InChI is InChI=1S/C15H17F3N2O2/c1-14(2)12(21)19(10-11-6-4-3-5-7-11)8-9-20(14)13(22)15(16,17)18/h3-7H,8-10H2,1-2H3. The van der Waals surface area contributed by atoms with Crippen LogP contribution < -0.4 is 0 Å². The molecule has 0 radical (unpaired) electrons. The van der Waals surface area contributed by atoms with E-state index in [1.807, 2.05) is 30.3 Å². The van der Waals surface area contributed by atoms with Crippen molar-refractivity contribution in [2.24, 2.45) is 0 Å². The van der Waals surface area contributed by atoms with Gasteiger partial charge in [-0.05, 0) is 19.4 Å². The predicted molar refractivity (Wildman–Crippen MR) is 73.7 cm³/mol. The van der Waals surface area contributed by atoms with Crippen molar-refractivity contribution in [2.45, 2.75) is 32.1 Å². The molecule has 1 aliphatic rings.